The van der Waals surface area contributed by atoms with Gasteiger partial charge in [0.15, 0.2) is 0 Å². The summed E-state index contributed by atoms with van der Waals surface area (Å²) in [6.45, 7) is 12.6. The van der Waals surface area contributed by atoms with Crippen molar-refractivity contribution < 1.29 is 14.3 Å². The van der Waals surface area contributed by atoms with E-state index < -0.39 is 5.60 Å². The largest absolute Gasteiger partial charge is 0.444 e. The van der Waals surface area contributed by atoms with Crippen LogP contribution in [0.1, 0.15) is 53.9 Å². The van der Waals surface area contributed by atoms with Crippen molar-refractivity contribution in [1.29, 1.82) is 0 Å². The molecule has 0 spiro atoms. The molecule has 1 amide bonds. The molecule has 1 saturated heterocycles. The van der Waals surface area contributed by atoms with Crippen LogP contribution in [-0.4, -0.2) is 55.5 Å². The van der Waals surface area contributed by atoms with Crippen molar-refractivity contribution in [3.05, 3.63) is 0 Å². The van der Waals surface area contributed by atoms with Gasteiger partial charge < -0.3 is 19.7 Å². The van der Waals surface area contributed by atoms with Gasteiger partial charge in [-0.05, 0) is 52.9 Å². The van der Waals surface area contributed by atoms with Gasteiger partial charge in [0.05, 0.1) is 0 Å². The Labute approximate surface area is 135 Å². The third-order valence-electron chi connectivity index (χ3n) is 3.90. The molecule has 0 saturated carbocycles. The number of hydrogen-bond donors (Lipinski definition) is 1. The van der Waals surface area contributed by atoms with E-state index in [2.05, 4.69) is 19.2 Å². The molecule has 1 heterocycles. The van der Waals surface area contributed by atoms with Crippen LogP contribution in [0.2, 0.25) is 0 Å². The maximum atomic E-state index is 12.3. The molecule has 0 aromatic heterocycles. The molecule has 1 rings (SSSR count). The lowest BCUT2D eigenvalue weighted by Gasteiger charge is -2.30. The molecule has 3 atom stereocenters. The van der Waals surface area contributed by atoms with Crippen LogP contribution < -0.4 is 5.32 Å². The van der Waals surface area contributed by atoms with E-state index in [0.717, 1.165) is 39.0 Å². The Kier molecular flexibility index (Phi) is 7.63. The first-order valence-corrected chi connectivity index (χ1v) is 8.45. The van der Waals surface area contributed by atoms with E-state index in [1.54, 1.807) is 7.11 Å². The first-order valence-electron chi connectivity index (χ1n) is 8.45. The van der Waals surface area contributed by atoms with Crippen LogP contribution in [0.4, 0.5) is 4.79 Å². The molecule has 1 aliphatic heterocycles. The molecule has 0 radical (unpaired) electrons. The molecule has 5 nitrogen and oxygen atoms in total. The Morgan fingerprint density at radius 1 is 1.36 bits per heavy atom. The third kappa shape index (κ3) is 6.97. The summed E-state index contributed by atoms with van der Waals surface area (Å²) in [4.78, 5) is 14.2. The summed E-state index contributed by atoms with van der Waals surface area (Å²) in [6.07, 6.45) is 2.93. The van der Waals surface area contributed by atoms with Gasteiger partial charge in [-0.2, -0.15) is 0 Å². The topological polar surface area (TPSA) is 50.8 Å². The number of nitrogens with one attached hydrogen (secondary N) is 1. The van der Waals surface area contributed by atoms with Crippen LogP contribution in [0.3, 0.4) is 0 Å². The maximum absolute atomic E-state index is 12.3. The minimum atomic E-state index is -0.427. The normalized spacial score (nSPS) is 21.7. The molecular weight excluding hydrogens is 280 g/mol. The molecule has 22 heavy (non-hydrogen) atoms. The smallest absolute Gasteiger partial charge is 0.410 e. The zero-order valence-corrected chi connectivity index (χ0v) is 15.1. The minimum Gasteiger partial charge on any atom is -0.444 e. The van der Waals surface area contributed by atoms with Gasteiger partial charge in [0.2, 0.25) is 0 Å². The van der Waals surface area contributed by atoms with Gasteiger partial charge in [0, 0.05) is 38.9 Å². The highest BCUT2D eigenvalue weighted by molar-refractivity contribution is 5.68. The Hall–Kier alpha value is -0.810. The number of methoxy groups -OCH3 is 1. The number of likely N-dealkylation sites (tertiary alicyclic amines) is 1. The van der Waals surface area contributed by atoms with Crippen LogP contribution in [-0.2, 0) is 9.47 Å². The van der Waals surface area contributed by atoms with Crippen LogP contribution in [0.25, 0.3) is 0 Å². The molecule has 0 bridgehead atoms. The van der Waals surface area contributed by atoms with Crippen molar-refractivity contribution in [2.45, 2.75) is 71.6 Å². The maximum Gasteiger partial charge on any atom is 0.410 e. The van der Waals surface area contributed by atoms with Crippen molar-refractivity contribution in [3.8, 4) is 0 Å². The summed E-state index contributed by atoms with van der Waals surface area (Å²) >= 11 is 0. The first-order chi connectivity index (χ1) is 10.2. The second kappa shape index (κ2) is 8.73. The quantitative estimate of drug-likeness (QED) is 0.785. The lowest BCUT2D eigenvalue weighted by Crippen LogP contribution is -2.43. The van der Waals surface area contributed by atoms with Gasteiger partial charge in [-0.15, -0.1) is 0 Å². The van der Waals surface area contributed by atoms with E-state index in [1.807, 2.05) is 25.7 Å². The molecule has 1 aliphatic rings. The first kappa shape index (κ1) is 19.2. The average molecular weight is 314 g/mol. The molecule has 1 fully saturated rings. The fraction of sp³-hybridized carbons (Fsp3) is 0.941. The molecular formula is C17H34N2O3. The highest BCUT2D eigenvalue weighted by Crippen LogP contribution is 2.24. The number of carbonyl (C=O) groups is 1. The summed E-state index contributed by atoms with van der Waals surface area (Å²) in [7, 11) is 1.73. The van der Waals surface area contributed by atoms with Crippen molar-refractivity contribution in [1.82, 2.24) is 10.2 Å². The third-order valence-corrected chi connectivity index (χ3v) is 3.90. The van der Waals surface area contributed by atoms with Crippen LogP contribution in [0, 0.1) is 5.92 Å². The molecule has 5 heteroatoms. The fourth-order valence-corrected chi connectivity index (χ4v) is 2.88. The van der Waals surface area contributed by atoms with E-state index in [-0.39, 0.29) is 12.1 Å². The predicted octanol–water partition coefficient (Wildman–Crippen LogP) is 3.04. The number of nitrogens with zero attached hydrogens (tertiary/aromatic N) is 1. The SMILES string of the molecule is COCC(C)CNC(C)CC1CCCN1C(=O)OC(C)(C)C. The Morgan fingerprint density at radius 3 is 2.64 bits per heavy atom. The summed E-state index contributed by atoms with van der Waals surface area (Å²) in [5, 5.41) is 3.54. The van der Waals surface area contributed by atoms with Gasteiger partial charge >= 0.3 is 6.09 Å². The van der Waals surface area contributed by atoms with E-state index in [4.69, 9.17) is 9.47 Å². The van der Waals surface area contributed by atoms with Crippen LogP contribution in [0.5, 0.6) is 0 Å². The number of amides is 1. The second-order valence-electron chi connectivity index (χ2n) is 7.58. The van der Waals surface area contributed by atoms with Gasteiger partial charge in [-0.1, -0.05) is 6.92 Å². The Bertz CT molecular complexity index is 341. The summed E-state index contributed by atoms with van der Waals surface area (Å²) < 4.78 is 10.7. The monoisotopic (exact) mass is 314 g/mol. The lowest BCUT2D eigenvalue weighted by molar-refractivity contribution is 0.0214. The van der Waals surface area contributed by atoms with Crippen molar-refractivity contribution in [2.24, 2.45) is 5.92 Å². The van der Waals surface area contributed by atoms with E-state index in [1.165, 1.54) is 0 Å². The predicted molar refractivity (Wildman–Crippen MR) is 89.1 cm³/mol. The minimum absolute atomic E-state index is 0.171. The zero-order valence-electron chi connectivity index (χ0n) is 15.1. The molecule has 0 aromatic rings. The number of carbonyl (C=O) groups excluding carboxylic acids is 1. The van der Waals surface area contributed by atoms with Crippen LogP contribution in [0.15, 0.2) is 0 Å². The Morgan fingerprint density at radius 2 is 2.05 bits per heavy atom. The standard InChI is InChI=1S/C17H34N2O3/c1-13(12-21-6)11-18-14(2)10-15-8-7-9-19(15)16(20)22-17(3,4)5/h13-15,18H,7-12H2,1-6H3. The average Bonchev–Trinajstić information content (AvgIpc) is 2.83. The molecule has 130 valence electrons. The van der Waals surface area contributed by atoms with Gasteiger partial charge in [-0.25, -0.2) is 4.79 Å². The Balaban J connectivity index is 2.41. The van der Waals surface area contributed by atoms with E-state index in [0.29, 0.717) is 12.0 Å². The van der Waals surface area contributed by atoms with Crippen molar-refractivity contribution in [2.75, 3.05) is 26.8 Å². The highest BCUT2D eigenvalue weighted by Gasteiger charge is 2.32. The molecule has 0 aromatic carbocycles. The summed E-state index contributed by atoms with van der Waals surface area (Å²) in [5.41, 5.74) is -0.427. The number of rotatable bonds is 7. The zero-order chi connectivity index (χ0) is 16.8. The second-order valence-corrected chi connectivity index (χ2v) is 7.58. The summed E-state index contributed by atoms with van der Waals surface area (Å²) in [6, 6.07) is 0.669. The van der Waals surface area contributed by atoms with Gasteiger partial charge in [0.25, 0.3) is 0 Å². The van der Waals surface area contributed by atoms with Gasteiger partial charge in [0.1, 0.15) is 5.60 Å². The van der Waals surface area contributed by atoms with Crippen molar-refractivity contribution >= 4 is 6.09 Å². The van der Waals surface area contributed by atoms with Gasteiger partial charge in [-0.3, -0.25) is 0 Å². The number of hydrogen-bond acceptors (Lipinski definition) is 4. The fourth-order valence-electron chi connectivity index (χ4n) is 2.88. The van der Waals surface area contributed by atoms with Crippen LogP contribution >= 0.6 is 0 Å². The lowest BCUT2D eigenvalue weighted by atomic mass is 10.1. The molecule has 0 aliphatic carbocycles. The number of ether oxygens (including phenoxy) is 2. The van der Waals surface area contributed by atoms with E-state index >= 15 is 0 Å². The highest BCUT2D eigenvalue weighted by atomic mass is 16.6. The molecule has 1 N–H and O–H groups in total. The summed E-state index contributed by atoms with van der Waals surface area (Å²) in [5.74, 6) is 0.498. The van der Waals surface area contributed by atoms with E-state index in [9.17, 15) is 4.79 Å². The molecule has 3 unspecified atom stereocenters. The van der Waals surface area contributed by atoms with Crippen molar-refractivity contribution in [3.63, 3.8) is 0 Å².